The first kappa shape index (κ1) is 17.5. The van der Waals surface area contributed by atoms with Crippen molar-refractivity contribution in [3.05, 3.63) is 61.9 Å². The maximum atomic E-state index is 12.8. The van der Waals surface area contributed by atoms with E-state index in [0.717, 1.165) is 25.0 Å². The predicted molar refractivity (Wildman–Crippen MR) is 89.2 cm³/mol. The van der Waals surface area contributed by atoms with Gasteiger partial charge in [0.1, 0.15) is 16.7 Å². The normalized spacial score (nSPS) is 16.0. The van der Waals surface area contributed by atoms with Crippen molar-refractivity contribution in [3.8, 4) is 0 Å². The maximum Gasteiger partial charge on any atom is 0.416 e. The summed E-state index contributed by atoms with van der Waals surface area (Å²) in [6, 6.07) is 4.30. The Labute approximate surface area is 149 Å². The third-order valence-electron chi connectivity index (χ3n) is 4.73. The minimum Gasteiger partial charge on any atom is -0.390 e. The SMILES string of the molecule is O=c1[nH]c(=O)c2c(CO)nn([C@@H](c3ccc(C(F)(F)F)cc3)C3CC3)c2[nH]1. The van der Waals surface area contributed by atoms with Gasteiger partial charge in [-0.3, -0.25) is 14.8 Å². The Hall–Kier alpha value is -2.88. The number of alkyl halides is 3. The minimum atomic E-state index is -4.44. The summed E-state index contributed by atoms with van der Waals surface area (Å²) in [7, 11) is 0. The van der Waals surface area contributed by atoms with E-state index < -0.39 is 35.6 Å². The number of aliphatic hydroxyl groups is 1. The number of fused-ring (bicyclic) bond motifs is 1. The van der Waals surface area contributed by atoms with Crippen LogP contribution in [0.5, 0.6) is 0 Å². The number of H-pyrrole nitrogens is 2. The van der Waals surface area contributed by atoms with Crippen LogP contribution in [0.25, 0.3) is 11.0 Å². The topological polar surface area (TPSA) is 104 Å². The van der Waals surface area contributed by atoms with E-state index in [1.807, 2.05) is 0 Å². The van der Waals surface area contributed by atoms with Gasteiger partial charge in [0.25, 0.3) is 5.56 Å². The van der Waals surface area contributed by atoms with Crippen LogP contribution in [0, 0.1) is 5.92 Å². The van der Waals surface area contributed by atoms with Crippen molar-refractivity contribution < 1.29 is 18.3 Å². The van der Waals surface area contributed by atoms with E-state index in [9.17, 15) is 27.9 Å². The first-order valence-corrected chi connectivity index (χ1v) is 8.31. The van der Waals surface area contributed by atoms with Crippen LogP contribution in [0.3, 0.4) is 0 Å². The fourth-order valence-corrected chi connectivity index (χ4v) is 3.35. The smallest absolute Gasteiger partial charge is 0.390 e. The molecular formula is C17H15F3N4O3. The van der Waals surface area contributed by atoms with E-state index in [0.29, 0.717) is 5.56 Å². The first-order chi connectivity index (χ1) is 12.8. The standard InChI is InChI=1S/C17H15F3N4O3/c18-17(19,20)10-5-3-9(4-6-10)13(8-1-2-8)24-14-12(11(7-25)23-24)15(26)22-16(27)21-14/h3-6,8,13,25H,1-2,7H2,(H2,21,22,26,27)/t13-/m1/s1. The molecule has 0 radical (unpaired) electrons. The van der Waals surface area contributed by atoms with E-state index in [1.54, 1.807) is 0 Å². The van der Waals surface area contributed by atoms with Crippen molar-refractivity contribution >= 4 is 11.0 Å². The molecular weight excluding hydrogens is 365 g/mol. The highest BCUT2D eigenvalue weighted by molar-refractivity contribution is 5.77. The molecule has 10 heteroatoms. The highest BCUT2D eigenvalue weighted by Crippen LogP contribution is 2.44. The molecule has 1 aliphatic carbocycles. The zero-order valence-electron chi connectivity index (χ0n) is 13.9. The summed E-state index contributed by atoms with van der Waals surface area (Å²) in [5.41, 5.74) is -1.33. The first-order valence-electron chi connectivity index (χ1n) is 8.31. The van der Waals surface area contributed by atoms with Crippen molar-refractivity contribution in [1.29, 1.82) is 0 Å². The summed E-state index contributed by atoms with van der Waals surface area (Å²) in [5, 5.41) is 13.9. The van der Waals surface area contributed by atoms with Crippen LogP contribution in [-0.4, -0.2) is 24.9 Å². The molecule has 1 fully saturated rings. The third-order valence-corrected chi connectivity index (χ3v) is 4.73. The molecule has 0 spiro atoms. The van der Waals surface area contributed by atoms with Gasteiger partial charge in [-0.15, -0.1) is 0 Å². The Morgan fingerprint density at radius 2 is 1.85 bits per heavy atom. The number of nitrogens with zero attached hydrogens (tertiary/aromatic N) is 2. The van der Waals surface area contributed by atoms with Gasteiger partial charge in [-0.1, -0.05) is 12.1 Å². The molecule has 0 amide bonds. The maximum absolute atomic E-state index is 12.8. The number of aromatic nitrogens is 4. The van der Waals surface area contributed by atoms with E-state index in [-0.39, 0.29) is 22.6 Å². The van der Waals surface area contributed by atoms with Gasteiger partial charge in [0.15, 0.2) is 0 Å². The highest BCUT2D eigenvalue weighted by atomic mass is 19.4. The second-order valence-corrected chi connectivity index (χ2v) is 6.58. The van der Waals surface area contributed by atoms with Crippen LogP contribution >= 0.6 is 0 Å². The minimum absolute atomic E-state index is 0.0645. The van der Waals surface area contributed by atoms with Crippen molar-refractivity contribution in [3.63, 3.8) is 0 Å². The van der Waals surface area contributed by atoms with Crippen LogP contribution in [0.15, 0.2) is 33.9 Å². The summed E-state index contributed by atoms with van der Waals surface area (Å²) >= 11 is 0. The van der Waals surface area contributed by atoms with Gasteiger partial charge in [0, 0.05) is 0 Å². The van der Waals surface area contributed by atoms with Gasteiger partial charge in [0.2, 0.25) is 0 Å². The van der Waals surface area contributed by atoms with Crippen molar-refractivity contribution in [2.24, 2.45) is 5.92 Å². The fraction of sp³-hybridized carbons (Fsp3) is 0.353. The number of benzene rings is 1. The summed E-state index contributed by atoms with van der Waals surface area (Å²) in [6.07, 6.45) is -2.75. The third kappa shape index (κ3) is 3.05. The summed E-state index contributed by atoms with van der Waals surface area (Å²) < 4.78 is 39.9. The molecule has 0 aliphatic heterocycles. The lowest BCUT2D eigenvalue weighted by atomic mass is 10.0. The molecule has 0 bridgehead atoms. The quantitative estimate of drug-likeness (QED) is 0.643. The number of aliphatic hydroxyl groups excluding tert-OH is 1. The Morgan fingerprint density at radius 1 is 1.19 bits per heavy atom. The van der Waals surface area contributed by atoms with E-state index in [4.69, 9.17) is 0 Å². The van der Waals surface area contributed by atoms with Crippen LogP contribution < -0.4 is 11.2 Å². The number of nitrogens with one attached hydrogen (secondary N) is 2. The molecule has 2 heterocycles. The average Bonchev–Trinajstić information content (AvgIpc) is 3.36. The van der Waals surface area contributed by atoms with Gasteiger partial charge in [-0.2, -0.15) is 18.3 Å². The molecule has 2 aromatic heterocycles. The van der Waals surface area contributed by atoms with Crippen LogP contribution in [0.1, 0.15) is 35.7 Å². The van der Waals surface area contributed by atoms with Crippen LogP contribution in [-0.2, 0) is 12.8 Å². The monoisotopic (exact) mass is 380 g/mol. The molecule has 1 saturated carbocycles. The summed E-state index contributed by atoms with van der Waals surface area (Å²) in [6.45, 7) is -0.511. The number of aromatic amines is 2. The second-order valence-electron chi connectivity index (χ2n) is 6.58. The largest absolute Gasteiger partial charge is 0.416 e. The van der Waals surface area contributed by atoms with E-state index >= 15 is 0 Å². The van der Waals surface area contributed by atoms with Crippen molar-refractivity contribution in [2.75, 3.05) is 0 Å². The Kier molecular flexibility index (Phi) is 3.95. The predicted octanol–water partition coefficient (Wildman–Crippen LogP) is 1.92. The molecule has 1 atom stereocenters. The van der Waals surface area contributed by atoms with Crippen molar-refractivity contribution in [1.82, 2.24) is 19.7 Å². The number of rotatable bonds is 4. The lowest BCUT2D eigenvalue weighted by Crippen LogP contribution is -2.24. The van der Waals surface area contributed by atoms with Gasteiger partial charge in [-0.25, -0.2) is 9.48 Å². The Bertz CT molecular complexity index is 1110. The molecule has 4 rings (SSSR count). The van der Waals surface area contributed by atoms with Gasteiger partial charge < -0.3 is 5.11 Å². The van der Waals surface area contributed by atoms with Crippen molar-refractivity contribution in [2.45, 2.75) is 31.7 Å². The molecule has 3 aromatic rings. The molecule has 3 N–H and O–H groups in total. The van der Waals surface area contributed by atoms with Crippen LogP contribution in [0.4, 0.5) is 13.2 Å². The second kappa shape index (κ2) is 6.08. The number of hydrogen-bond acceptors (Lipinski definition) is 4. The van der Waals surface area contributed by atoms with Gasteiger partial charge >= 0.3 is 11.9 Å². The van der Waals surface area contributed by atoms with Gasteiger partial charge in [-0.05, 0) is 36.5 Å². The fourth-order valence-electron chi connectivity index (χ4n) is 3.35. The van der Waals surface area contributed by atoms with Crippen LogP contribution in [0.2, 0.25) is 0 Å². The molecule has 142 valence electrons. The number of halogens is 3. The summed E-state index contributed by atoms with van der Waals surface area (Å²) in [4.78, 5) is 28.5. The molecule has 0 unspecified atom stereocenters. The molecule has 0 saturated heterocycles. The summed E-state index contributed by atoms with van der Waals surface area (Å²) in [5.74, 6) is 0.110. The Balaban J connectivity index is 1.89. The lowest BCUT2D eigenvalue weighted by Gasteiger charge is -2.19. The number of hydrogen-bond donors (Lipinski definition) is 3. The zero-order chi connectivity index (χ0) is 19.3. The molecule has 1 aliphatic rings. The lowest BCUT2D eigenvalue weighted by molar-refractivity contribution is -0.137. The molecule has 7 nitrogen and oxygen atoms in total. The van der Waals surface area contributed by atoms with E-state index in [2.05, 4.69) is 15.1 Å². The molecule has 1 aromatic carbocycles. The molecule has 27 heavy (non-hydrogen) atoms. The Morgan fingerprint density at radius 3 is 2.41 bits per heavy atom. The highest BCUT2D eigenvalue weighted by Gasteiger charge is 2.37. The van der Waals surface area contributed by atoms with E-state index in [1.165, 1.54) is 16.8 Å². The average molecular weight is 380 g/mol. The van der Waals surface area contributed by atoms with Gasteiger partial charge in [0.05, 0.1) is 18.2 Å². The zero-order valence-corrected chi connectivity index (χ0v) is 13.9.